The van der Waals surface area contributed by atoms with E-state index in [1.807, 2.05) is 0 Å². The van der Waals surface area contributed by atoms with Gasteiger partial charge >= 0.3 is 5.97 Å². The van der Waals surface area contributed by atoms with Gasteiger partial charge in [0, 0.05) is 19.0 Å². The zero-order valence-electron chi connectivity index (χ0n) is 7.56. The lowest BCUT2D eigenvalue weighted by Crippen LogP contribution is -2.36. The minimum Gasteiger partial charge on any atom is -0.481 e. The van der Waals surface area contributed by atoms with Crippen LogP contribution in [0.2, 0.25) is 0 Å². The number of carboxylic acids is 1. The van der Waals surface area contributed by atoms with E-state index >= 15 is 0 Å². The van der Waals surface area contributed by atoms with Crippen molar-refractivity contribution < 1.29 is 14.7 Å². The molecule has 72 valence electrons. The normalized spacial score (nSPS) is 36.7. The summed E-state index contributed by atoms with van der Waals surface area (Å²) >= 11 is 0. The highest BCUT2D eigenvalue weighted by Crippen LogP contribution is 2.41. The number of hydrogen-bond donors (Lipinski definition) is 1. The molecule has 1 N–H and O–H groups in total. The first kappa shape index (κ1) is 8.53. The lowest BCUT2D eigenvalue weighted by atomic mass is 9.89. The van der Waals surface area contributed by atoms with Crippen LogP contribution in [0.25, 0.3) is 0 Å². The Hall–Kier alpha value is -1.06. The van der Waals surface area contributed by atoms with Gasteiger partial charge in [0.25, 0.3) is 0 Å². The Morgan fingerprint density at radius 3 is 2.46 bits per heavy atom. The van der Waals surface area contributed by atoms with E-state index in [0.717, 1.165) is 12.8 Å². The first-order chi connectivity index (χ1) is 6.11. The second kappa shape index (κ2) is 2.72. The molecule has 0 unspecified atom stereocenters. The summed E-state index contributed by atoms with van der Waals surface area (Å²) in [4.78, 5) is 23.8. The number of hydrogen-bond acceptors (Lipinski definition) is 2. The fraction of sp³-hybridized carbons (Fsp3) is 0.778. The molecule has 2 saturated heterocycles. The summed E-state index contributed by atoms with van der Waals surface area (Å²) < 4.78 is 0. The lowest BCUT2D eigenvalue weighted by molar-refractivity contribution is -0.143. The molecular formula is C9H13NO3. The second-order valence-electron chi connectivity index (χ2n) is 3.91. The van der Waals surface area contributed by atoms with Crippen LogP contribution < -0.4 is 0 Å². The van der Waals surface area contributed by atoms with E-state index in [9.17, 15) is 9.59 Å². The fourth-order valence-corrected chi connectivity index (χ4v) is 2.74. The van der Waals surface area contributed by atoms with E-state index in [2.05, 4.69) is 0 Å². The first-order valence-corrected chi connectivity index (χ1v) is 4.63. The van der Waals surface area contributed by atoms with E-state index in [1.165, 1.54) is 6.92 Å². The third kappa shape index (κ3) is 1.12. The highest BCUT2D eigenvalue weighted by Gasteiger charge is 2.50. The van der Waals surface area contributed by atoms with Gasteiger partial charge in [-0.05, 0) is 19.3 Å². The van der Waals surface area contributed by atoms with Gasteiger partial charge in [-0.15, -0.1) is 0 Å². The molecule has 2 aliphatic heterocycles. The van der Waals surface area contributed by atoms with Crippen LogP contribution in [0.1, 0.15) is 26.2 Å². The maximum Gasteiger partial charge on any atom is 0.308 e. The number of fused-ring (bicyclic) bond motifs is 2. The number of aliphatic carboxylic acids is 1. The summed E-state index contributed by atoms with van der Waals surface area (Å²) in [5.41, 5.74) is 0. The summed E-state index contributed by atoms with van der Waals surface area (Å²) in [6.45, 7) is 1.52. The van der Waals surface area contributed by atoms with E-state index in [0.29, 0.717) is 6.42 Å². The molecule has 0 radical (unpaired) electrons. The average Bonchev–Trinajstić information content (AvgIpc) is 2.58. The Kier molecular flexibility index (Phi) is 1.78. The molecule has 0 aromatic heterocycles. The molecule has 2 heterocycles. The van der Waals surface area contributed by atoms with Gasteiger partial charge in [0.2, 0.25) is 5.91 Å². The van der Waals surface area contributed by atoms with Crippen molar-refractivity contribution in [1.82, 2.24) is 4.90 Å². The molecule has 0 saturated carbocycles. The predicted molar refractivity (Wildman–Crippen MR) is 45.1 cm³/mol. The van der Waals surface area contributed by atoms with Crippen molar-refractivity contribution in [3.8, 4) is 0 Å². The first-order valence-electron chi connectivity index (χ1n) is 4.63. The average molecular weight is 183 g/mol. The van der Waals surface area contributed by atoms with E-state index in [4.69, 9.17) is 5.11 Å². The third-order valence-electron chi connectivity index (χ3n) is 3.22. The molecule has 1 amide bonds. The summed E-state index contributed by atoms with van der Waals surface area (Å²) in [5.74, 6) is -1.04. The quantitative estimate of drug-likeness (QED) is 0.643. The van der Waals surface area contributed by atoms with Gasteiger partial charge in [-0.3, -0.25) is 9.59 Å². The SMILES string of the molecule is CC(=O)N1[C@@H]2CC[C@H]1[C@@H](C(=O)O)C2. The van der Waals surface area contributed by atoms with Crippen molar-refractivity contribution in [2.75, 3.05) is 0 Å². The van der Waals surface area contributed by atoms with Gasteiger partial charge in [0.1, 0.15) is 0 Å². The van der Waals surface area contributed by atoms with Crippen LogP contribution in [-0.2, 0) is 9.59 Å². The van der Waals surface area contributed by atoms with Gasteiger partial charge in [-0.25, -0.2) is 0 Å². The zero-order valence-corrected chi connectivity index (χ0v) is 7.56. The maximum absolute atomic E-state index is 11.2. The fourth-order valence-electron chi connectivity index (χ4n) is 2.74. The summed E-state index contributed by atoms with van der Waals surface area (Å²) in [7, 11) is 0. The largest absolute Gasteiger partial charge is 0.481 e. The summed E-state index contributed by atoms with van der Waals surface area (Å²) in [6, 6.07) is 0.170. The molecule has 0 aromatic carbocycles. The van der Waals surface area contributed by atoms with Crippen LogP contribution in [0, 0.1) is 5.92 Å². The van der Waals surface area contributed by atoms with Crippen molar-refractivity contribution in [3.05, 3.63) is 0 Å². The highest BCUT2D eigenvalue weighted by molar-refractivity contribution is 5.78. The van der Waals surface area contributed by atoms with Gasteiger partial charge in [-0.1, -0.05) is 0 Å². The minimum absolute atomic E-state index is 0.0243. The molecule has 0 spiro atoms. The molecule has 4 nitrogen and oxygen atoms in total. The van der Waals surface area contributed by atoms with Crippen molar-refractivity contribution in [3.63, 3.8) is 0 Å². The Labute approximate surface area is 76.5 Å². The molecule has 0 aliphatic carbocycles. The minimum atomic E-state index is -0.751. The maximum atomic E-state index is 11.2. The Bertz CT molecular complexity index is 264. The van der Waals surface area contributed by atoms with Crippen LogP contribution in [0.5, 0.6) is 0 Å². The van der Waals surface area contributed by atoms with Gasteiger partial charge in [0.05, 0.1) is 5.92 Å². The van der Waals surface area contributed by atoms with Crippen molar-refractivity contribution in [2.24, 2.45) is 5.92 Å². The topological polar surface area (TPSA) is 57.6 Å². The Morgan fingerprint density at radius 1 is 1.38 bits per heavy atom. The third-order valence-corrected chi connectivity index (χ3v) is 3.22. The van der Waals surface area contributed by atoms with Crippen molar-refractivity contribution in [1.29, 1.82) is 0 Å². The van der Waals surface area contributed by atoms with Crippen LogP contribution >= 0.6 is 0 Å². The predicted octanol–water partition coefficient (Wildman–Crippen LogP) is 0.470. The molecule has 2 aliphatic rings. The smallest absolute Gasteiger partial charge is 0.308 e. The van der Waals surface area contributed by atoms with E-state index in [-0.39, 0.29) is 23.9 Å². The highest BCUT2D eigenvalue weighted by atomic mass is 16.4. The molecular weight excluding hydrogens is 170 g/mol. The molecule has 3 atom stereocenters. The zero-order chi connectivity index (χ0) is 9.59. The van der Waals surface area contributed by atoms with Gasteiger partial charge < -0.3 is 10.0 Å². The van der Waals surface area contributed by atoms with Crippen molar-refractivity contribution >= 4 is 11.9 Å². The van der Waals surface area contributed by atoms with Crippen LogP contribution in [-0.4, -0.2) is 34.0 Å². The van der Waals surface area contributed by atoms with Gasteiger partial charge in [0.15, 0.2) is 0 Å². The van der Waals surface area contributed by atoms with E-state index < -0.39 is 5.97 Å². The molecule has 13 heavy (non-hydrogen) atoms. The lowest BCUT2D eigenvalue weighted by Gasteiger charge is -2.20. The van der Waals surface area contributed by atoms with Crippen molar-refractivity contribution in [2.45, 2.75) is 38.3 Å². The Balaban J connectivity index is 2.19. The molecule has 2 fully saturated rings. The summed E-state index contributed by atoms with van der Waals surface area (Å²) in [5, 5.41) is 8.90. The van der Waals surface area contributed by atoms with Crippen LogP contribution in [0.4, 0.5) is 0 Å². The summed E-state index contributed by atoms with van der Waals surface area (Å²) in [6.07, 6.45) is 2.49. The standard InChI is InChI=1S/C9H13NO3/c1-5(11)10-6-2-3-8(10)7(4-6)9(12)13/h6-8H,2-4H2,1H3,(H,12,13)/t6-,7+,8+/m1/s1. The number of rotatable bonds is 1. The van der Waals surface area contributed by atoms with Crippen LogP contribution in [0.3, 0.4) is 0 Å². The van der Waals surface area contributed by atoms with E-state index in [1.54, 1.807) is 4.90 Å². The molecule has 0 aromatic rings. The van der Waals surface area contributed by atoms with Gasteiger partial charge in [-0.2, -0.15) is 0 Å². The van der Waals surface area contributed by atoms with Crippen LogP contribution in [0.15, 0.2) is 0 Å². The number of carbonyl (C=O) groups is 2. The molecule has 2 rings (SSSR count). The monoisotopic (exact) mass is 183 g/mol. The second-order valence-corrected chi connectivity index (χ2v) is 3.91. The number of carbonyl (C=O) groups excluding carboxylic acids is 1. The molecule has 4 heteroatoms. The number of nitrogens with zero attached hydrogens (tertiary/aromatic N) is 1. The molecule has 2 bridgehead atoms. The number of amides is 1. The Morgan fingerprint density at radius 2 is 2.08 bits per heavy atom. The number of carboxylic acid groups (broad SMARTS) is 1.